The quantitative estimate of drug-likeness (QED) is 0.301. The first-order valence-electron chi connectivity index (χ1n) is 13.8. The van der Waals surface area contributed by atoms with E-state index >= 15 is 0 Å². The fraction of sp³-hybridized carbons (Fsp3) is 0.967. The van der Waals surface area contributed by atoms with E-state index in [0.29, 0.717) is 38.8 Å². The summed E-state index contributed by atoms with van der Waals surface area (Å²) < 4.78 is 0. The molecule has 0 N–H and O–H groups in total. The van der Waals surface area contributed by atoms with Gasteiger partial charge in [-0.15, -0.1) is 0 Å². The Labute approximate surface area is 206 Å². The lowest BCUT2D eigenvalue weighted by Crippen LogP contribution is -2.68. The summed E-state index contributed by atoms with van der Waals surface area (Å²) in [6.45, 7) is 20.6. The van der Waals surface area contributed by atoms with E-state index in [0.717, 1.165) is 18.3 Å². The summed E-state index contributed by atoms with van der Waals surface area (Å²) in [6.07, 6.45) is 13.6. The van der Waals surface area contributed by atoms with Crippen LogP contribution in [0.15, 0.2) is 0 Å². The van der Waals surface area contributed by atoms with Gasteiger partial charge in [-0.25, -0.2) is 0 Å². The second-order valence-corrected chi connectivity index (χ2v) is 16.5. The molecule has 0 unspecified atom stereocenters. The summed E-state index contributed by atoms with van der Waals surface area (Å²) in [5.41, 5.74) is 2.50. The van der Waals surface area contributed by atoms with Crippen molar-refractivity contribution in [2.24, 2.45) is 56.2 Å². The minimum atomic E-state index is 0.0704. The molecule has 0 radical (unpaired) electrons. The molecule has 0 aromatic carbocycles. The predicted molar refractivity (Wildman–Crippen MR) is 138 cm³/mol. The Morgan fingerprint density at radius 3 is 2.00 bits per heavy atom. The molecule has 0 aromatic heterocycles. The molecular formula is C30H49BrO. The molecule has 0 aliphatic heterocycles. The van der Waals surface area contributed by atoms with E-state index in [1.54, 1.807) is 0 Å². The van der Waals surface area contributed by atoms with Crippen LogP contribution in [0.5, 0.6) is 0 Å². The molecule has 0 aromatic rings. The maximum atomic E-state index is 13.0. The lowest BCUT2D eigenvalue weighted by atomic mass is 9.30. The van der Waals surface area contributed by atoms with E-state index in [9.17, 15) is 4.79 Å². The van der Waals surface area contributed by atoms with E-state index in [1.807, 2.05) is 0 Å². The van der Waals surface area contributed by atoms with Crippen molar-refractivity contribution in [1.82, 2.24) is 0 Å². The summed E-state index contributed by atoms with van der Waals surface area (Å²) in [5.74, 6) is 3.00. The highest BCUT2D eigenvalue weighted by Gasteiger charge is 2.71. The minimum absolute atomic E-state index is 0.0704. The maximum Gasteiger partial charge on any atom is 0.149 e. The zero-order chi connectivity index (χ0) is 23.5. The SMILES string of the molecule is C[C@@H]1C(=O)[C@H](Br)C[C@@H]2[C@]1(C)CC[C@@H]1[C@]2(C)CC[C@@]2(C)[C@H]3CC(C)(C)CC[C@]3(C)CC[C@]12C. The molecule has 5 aliphatic carbocycles. The number of hydrogen-bond donors (Lipinski definition) is 0. The molecule has 0 bridgehead atoms. The lowest BCUT2D eigenvalue weighted by Gasteiger charge is -2.75. The van der Waals surface area contributed by atoms with E-state index in [2.05, 4.69) is 71.3 Å². The van der Waals surface area contributed by atoms with Crippen LogP contribution in [0.1, 0.15) is 120 Å². The van der Waals surface area contributed by atoms with Crippen LogP contribution in [0.2, 0.25) is 0 Å². The third-order valence-electron chi connectivity index (χ3n) is 13.7. The highest BCUT2D eigenvalue weighted by atomic mass is 79.9. The molecule has 32 heavy (non-hydrogen) atoms. The van der Waals surface area contributed by atoms with Gasteiger partial charge in [0.05, 0.1) is 4.83 Å². The van der Waals surface area contributed by atoms with E-state index in [-0.39, 0.29) is 16.2 Å². The van der Waals surface area contributed by atoms with Crippen molar-refractivity contribution < 1.29 is 4.79 Å². The van der Waals surface area contributed by atoms with Crippen molar-refractivity contribution in [1.29, 1.82) is 0 Å². The molecule has 1 nitrogen and oxygen atoms in total. The smallest absolute Gasteiger partial charge is 0.149 e. The van der Waals surface area contributed by atoms with Crippen molar-refractivity contribution in [3.05, 3.63) is 0 Å². The number of Topliss-reactive ketones (excluding diaryl/α,β-unsaturated/α-hetero) is 1. The topological polar surface area (TPSA) is 17.1 Å². The zero-order valence-corrected chi connectivity index (χ0v) is 23.8. The average Bonchev–Trinajstić information content (AvgIpc) is 2.72. The van der Waals surface area contributed by atoms with Crippen LogP contribution in [-0.4, -0.2) is 10.6 Å². The van der Waals surface area contributed by atoms with E-state index in [4.69, 9.17) is 0 Å². The molecule has 5 saturated carbocycles. The van der Waals surface area contributed by atoms with Gasteiger partial charge in [-0.05, 0) is 114 Å². The van der Waals surface area contributed by atoms with Gasteiger partial charge in [0.1, 0.15) is 5.78 Å². The van der Waals surface area contributed by atoms with Crippen molar-refractivity contribution in [3.63, 3.8) is 0 Å². The first kappa shape index (κ1) is 23.9. The monoisotopic (exact) mass is 504 g/mol. The number of hydrogen-bond acceptors (Lipinski definition) is 1. The molecule has 10 atom stereocenters. The third kappa shape index (κ3) is 2.83. The number of carbonyl (C=O) groups excluding carboxylic acids is 1. The number of alkyl halides is 1. The van der Waals surface area contributed by atoms with Crippen LogP contribution in [0.4, 0.5) is 0 Å². The lowest BCUT2D eigenvalue weighted by molar-refractivity contribution is -0.256. The number of fused-ring (bicyclic) bond motifs is 7. The third-order valence-corrected chi connectivity index (χ3v) is 14.6. The van der Waals surface area contributed by atoms with Crippen LogP contribution in [0.3, 0.4) is 0 Å². The summed E-state index contributed by atoms with van der Waals surface area (Å²) in [7, 11) is 0. The Bertz CT molecular complexity index is 818. The number of halogens is 1. The number of rotatable bonds is 0. The van der Waals surface area contributed by atoms with E-state index < -0.39 is 0 Å². The zero-order valence-electron chi connectivity index (χ0n) is 22.2. The molecular weight excluding hydrogens is 456 g/mol. The van der Waals surface area contributed by atoms with Gasteiger partial charge < -0.3 is 0 Å². The predicted octanol–water partition coefficient (Wildman–Crippen LogP) is 8.83. The Morgan fingerprint density at radius 2 is 1.31 bits per heavy atom. The van der Waals surface area contributed by atoms with Crippen molar-refractivity contribution in [2.45, 2.75) is 124 Å². The Hall–Kier alpha value is 0.150. The fourth-order valence-electron chi connectivity index (χ4n) is 11.1. The largest absolute Gasteiger partial charge is 0.298 e. The Kier molecular flexibility index (Phi) is 5.13. The maximum absolute atomic E-state index is 13.0. The molecule has 0 saturated heterocycles. The molecule has 182 valence electrons. The highest BCUT2D eigenvalue weighted by Crippen LogP contribution is 2.78. The molecule has 0 amide bonds. The first-order chi connectivity index (χ1) is 14.6. The van der Waals surface area contributed by atoms with Gasteiger partial charge in [0, 0.05) is 5.92 Å². The summed E-state index contributed by atoms with van der Waals surface area (Å²) in [4.78, 5) is 13.1. The van der Waals surface area contributed by atoms with Gasteiger partial charge in [-0.1, -0.05) is 71.3 Å². The summed E-state index contributed by atoms with van der Waals surface area (Å²) >= 11 is 3.83. The van der Waals surface area contributed by atoms with Crippen molar-refractivity contribution in [3.8, 4) is 0 Å². The highest BCUT2D eigenvalue weighted by molar-refractivity contribution is 9.10. The van der Waals surface area contributed by atoms with Crippen LogP contribution < -0.4 is 0 Å². The average molecular weight is 506 g/mol. The van der Waals surface area contributed by atoms with Crippen LogP contribution >= 0.6 is 15.9 Å². The minimum Gasteiger partial charge on any atom is -0.298 e. The Morgan fingerprint density at radius 1 is 0.719 bits per heavy atom. The molecule has 5 fully saturated rings. The number of ketones is 1. The summed E-state index contributed by atoms with van der Waals surface area (Å²) in [6, 6.07) is 0. The van der Waals surface area contributed by atoms with Crippen molar-refractivity contribution in [2.75, 3.05) is 0 Å². The molecule has 2 heteroatoms. The Balaban J connectivity index is 1.55. The number of carbonyl (C=O) groups is 1. The van der Waals surface area contributed by atoms with Crippen LogP contribution in [-0.2, 0) is 4.79 Å². The van der Waals surface area contributed by atoms with Gasteiger partial charge in [0.25, 0.3) is 0 Å². The first-order valence-corrected chi connectivity index (χ1v) is 14.7. The molecule has 5 rings (SSSR count). The second-order valence-electron chi connectivity index (χ2n) is 15.4. The van der Waals surface area contributed by atoms with Gasteiger partial charge in [0.2, 0.25) is 0 Å². The molecule has 0 heterocycles. The van der Waals surface area contributed by atoms with Crippen molar-refractivity contribution >= 4 is 21.7 Å². The van der Waals surface area contributed by atoms with Crippen LogP contribution in [0.25, 0.3) is 0 Å². The second kappa shape index (κ2) is 6.88. The molecule has 5 aliphatic rings. The fourth-order valence-corrected chi connectivity index (χ4v) is 11.9. The summed E-state index contributed by atoms with van der Waals surface area (Å²) in [5, 5.41) is 0. The van der Waals surface area contributed by atoms with Gasteiger partial charge in [-0.3, -0.25) is 4.79 Å². The van der Waals surface area contributed by atoms with E-state index in [1.165, 1.54) is 57.8 Å². The molecule has 0 spiro atoms. The van der Waals surface area contributed by atoms with Gasteiger partial charge in [-0.2, -0.15) is 0 Å². The van der Waals surface area contributed by atoms with Crippen LogP contribution in [0, 0.1) is 56.2 Å². The normalized spacial score (nSPS) is 59.4. The van der Waals surface area contributed by atoms with Gasteiger partial charge >= 0.3 is 0 Å². The van der Waals surface area contributed by atoms with Gasteiger partial charge in [0.15, 0.2) is 0 Å². The standard InChI is InChI=1S/C30H49BrO/c1-19-24(32)20(31)17-22-27(19,5)10-9-21-28(22,6)14-16-30(8)23-18-25(2,3)11-12-26(23,4)13-15-29(21,30)7/h19-23H,9-18H2,1-8H3/t19-,20-,21-,22-,23+,26-,27-,28+,29-,30+/m1/s1.